The van der Waals surface area contributed by atoms with Gasteiger partial charge in [-0.1, -0.05) is 48.5 Å². The number of nitrogens with zero attached hydrogens (tertiary/aromatic N) is 2. The molecule has 1 aliphatic heterocycles. The average molecular weight is 353 g/mol. The summed E-state index contributed by atoms with van der Waals surface area (Å²) >= 11 is 0. The third-order valence-corrected chi connectivity index (χ3v) is 4.64. The first-order valence-electron chi connectivity index (χ1n) is 8.68. The van der Waals surface area contributed by atoms with E-state index in [1.54, 1.807) is 0 Å². The van der Waals surface area contributed by atoms with Crippen LogP contribution in [0.15, 0.2) is 79.0 Å². The van der Waals surface area contributed by atoms with Gasteiger partial charge in [0.2, 0.25) is 0 Å². The van der Waals surface area contributed by atoms with Crippen molar-refractivity contribution in [2.45, 2.75) is 6.04 Å². The molecule has 0 aliphatic carbocycles. The summed E-state index contributed by atoms with van der Waals surface area (Å²) in [6, 6.07) is 22.6. The Labute approximate surface area is 155 Å². The first-order chi connectivity index (χ1) is 13.3. The Morgan fingerprint density at radius 2 is 1.41 bits per heavy atom. The summed E-state index contributed by atoms with van der Waals surface area (Å²) < 4.78 is 5.97. The molecular formula is C22H15N3O2. The van der Waals surface area contributed by atoms with Crippen molar-refractivity contribution in [3.63, 3.8) is 0 Å². The molecule has 0 fully saturated rings. The molecule has 0 atom stereocenters. The molecule has 0 saturated carbocycles. The van der Waals surface area contributed by atoms with Crippen LogP contribution in [0.25, 0.3) is 11.0 Å². The second-order valence-electron chi connectivity index (χ2n) is 6.33. The molecular weight excluding hydrogens is 338 g/mol. The Morgan fingerprint density at radius 1 is 0.815 bits per heavy atom. The van der Waals surface area contributed by atoms with Crippen LogP contribution in [-0.2, 0) is 0 Å². The van der Waals surface area contributed by atoms with E-state index in [9.17, 15) is 4.79 Å². The van der Waals surface area contributed by atoms with Crippen LogP contribution in [-0.4, -0.2) is 15.9 Å². The third-order valence-electron chi connectivity index (χ3n) is 4.64. The van der Waals surface area contributed by atoms with Crippen LogP contribution >= 0.6 is 0 Å². The molecule has 5 rings (SSSR count). The fourth-order valence-corrected chi connectivity index (χ4v) is 3.34. The quantitative estimate of drug-likeness (QED) is 0.585. The van der Waals surface area contributed by atoms with E-state index in [4.69, 9.17) is 4.74 Å². The van der Waals surface area contributed by atoms with Gasteiger partial charge < -0.3 is 10.1 Å². The smallest absolute Gasteiger partial charge is 0.272 e. The lowest BCUT2D eigenvalue weighted by molar-refractivity contribution is 0.0936. The van der Waals surface area contributed by atoms with Gasteiger partial charge in [-0.3, -0.25) is 9.78 Å². The van der Waals surface area contributed by atoms with Gasteiger partial charge in [0, 0.05) is 11.1 Å². The number of ether oxygens (including phenoxy) is 1. The number of fused-ring (bicyclic) bond motifs is 3. The van der Waals surface area contributed by atoms with Crippen LogP contribution < -0.4 is 10.1 Å². The summed E-state index contributed by atoms with van der Waals surface area (Å²) in [7, 11) is 0. The van der Waals surface area contributed by atoms with Gasteiger partial charge in [-0.15, -0.1) is 0 Å². The van der Waals surface area contributed by atoms with Gasteiger partial charge in [-0.05, 0) is 24.3 Å². The topological polar surface area (TPSA) is 64.1 Å². The van der Waals surface area contributed by atoms with Gasteiger partial charge >= 0.3 is 0 Å². The highest BCUT2D eigenvalue weighted by Crippen LogP contribution is 2.42. The summed E-state index contributed by atoms with van der Waals surface area (Å²) in [6.45, 7) is 0. The maximum absolute atomic E-state index is 12.9. The van der Waals surface area contributed by atoms with Crippen molar-refractivity contribution >= 4 is 16.9 Å². The molecule has 0 saturated heterocycles. The van der Waals surface area contributed by atoms with Crippen molar-refractivity contribution in [1.82, 2.24) is 15.3 Å². The summed E-state index contributed by atoms with van der Waals surface area (Å²) in [5.41, 5.74) is 3.57. The summed E-state index contributed by atoms with van der Waals surface area (Å²) in [4.78, 5) is 21.7. The number of rotatable bonds is 2. The Hall–Kier alpha value is -3.73. The lowest BCUT2D eigenvalue weighted by Gasteiger charge is -2.28. The van der Waals surface area contributed by atoms with Gasteiger partial charge in [0.05, 0.1) is 23.3 Å². The van der Waals surface area contributed by atoms with E-state index < -0.39 is 0 Å². The molecule has 0 spiro atoms. The zero-order valence-corrected chi connectivity index (χ0v) is 14.3. The number of hydrogen-bond acceptors (Lipinski definition) is 4. The number of hydrogen-bond donors (Lipinski definition) is 1. The first-order valence-corrected chi connectivity index (χ1v) is 8.68. The lowest BCUT2D eigenvalue weighted by atomic mass is 9.94. The average Bonchev–Trinajstić information content (AvgIpc) is 2.73. The summed E-state index contributed by atoms with van der Waals surface area (Å²) in [6.07, 6.45) is 1.51. The largest absolute Gasteiger partial charge is 0.457 e. The van der Waals surface area contributed by atoms with Gasteiger partial charge in [-0.25, -0.2) is 4.98 Å². The van der Waals surface area contributed by atoms with Crippen molar-refractivity contribution < 1.29 is 9.53 Å². The highest BCUT2D eigenvalue weighted by molar-refractivity contribution is 5.94. The summed E-state index contributed by atoms with van der Waals surface area (Å²) in [5, 5.41) is 3.09. The molecule has 27 heavy (non-hydrogen) atoms. The molecule has 5 heteroatoms. The van der Waals surface area contributed by atoms with Gasteiger partial charge in [0.1, 0.15) is 17.2 Å². The van der Waals surface area contributed by atoms with E-state index in [0.29, 0.717) is 5.52 Å². The Bertz CT molecular complexity index is 1130. The van der Waals surface area contributed by atoms with E-state index in [1.165, 1.54) is 6.20 Å². The Balaban J connectivity index is 1.53. The number of aromatic nitrogens is 2. The molecule has 1 amide bonds. The van der Waals surface area contributed by atoms with E-state index in [0.717, 1.165) is 28.1 Å². The van der Waals surface area contributed by atoms with Gasteiger partial charge in [0.15, 0.2) is 0 Å². The minimum Gasteiger partial charge on any atom is -0.457 e. The molecule has 1 N–H and O–H groups in total. The highest BCUT2D eigenvalue weighted by atomic mass is 16.5. The minimum atomic E-state index is -0.313. The molecule has 0 radical (unpaired) electrons. The number of para-hydroxylation sites is 4. The summed E-state index contributed by atoms with van der Waals surface area (Å²) in [5.74, 6) is 1.21. The standard InChI is InChI=1S/C22H15N3O2/c26-22(18-13-23-16-9-3-4-10-17(16)24-18)25-21-14-7-1-5-11-19(14)27-20-12-6-2-8-15(20)21/h1-13,21H,(H,25,26). The van der Waals surface area contributed by atoms with Crippen LogP contribution in [0.2, 0.25) is 0 Å². The van der Waals surface area contributed by atoms with E-state index in [2.05, 4.69) is 15.3 Å². The van der Waals surface area contributed by atoms with Crippen molar-refractivity contribution in [1.29, 1.82) is 0 Å². The highest BCUT2D eigenvalue weighted by Gasteiger charge is 2.28. The van der Waals surface area contributed by atoms with Gasteiger partial charge in [0.25, 0.3) is 5.91 Å². The number of benzene rings is 3. The van der Waals surface area contributed by atoms with Crippen LogP contribution in [0, 0.1) is 0 Å². The fourth-order valence-electron chi connectivity index (χ4n) is 3.34. The van der Waals surface area contributed by atoms with E-state index in [1.807, 2.05) is 72.8 Å². The lowest BCUT2D eigenvalue weighted by Crippen LogP contribution is -2.31. The molecule has 1 aliphatic rings. The zero-order chi connectivity index (χ0) is 18.2. The first kappa shape index (κ1) is 15.5. The van der Waals surface area contributed by atoms with Crippen molar-refractivity contribution in [2.75, 3.05) is 0 Å². The van der Waals surface area contributed by atoms with Crippen molar-refractivity contribution in [3.05, 3.63) is 95.8 Å². The second-order valence-corrected chi connectivity index (χ2v) is 6.33. The molecule has 0 bridgehead atoms. The number of amides is 1. The van der Waals surface area contributed by atoms with E-state index >= 15 is 0 Å². The van der Waals surface area contributed by atoms with E-state index in [-0.39, 0.29) is 17.6 Å². The van der Waals surface area contributed by atoms with Crippen molar-refractivity contribution in [3.8, 4) is 11.5 Å². The van der Waals surface area contributed by atoms with Crippen LogP contribution in [0.4, 0.5) is 0 Å². The Kier molecular flexibility index (Phi) is 3.57. The molecule has 4 aromatic rings. The number of carbonyl (C=O) groups excluding carboxylic acids is 1. The van der Waals surface area contributed by atoms with Crippen LogP contribution in [0.1, 0.15) is 27.7 Å². The zero-order valence-electron chi connectivity index (χ0n) is 14.3. The molecule has 5 nitrogen and oxygen atoms in total. The second kappa shape index (κ2) is 6.21. The molecule has 130 valence electrons. The minimum absolute atomic E-state index is 0.273. The normalized spacial score (nSPS) is 12.7. The number of nitrogens with one attached hydrogen (secondary N) is 1. The van der Waals surface area contributed by atoms with Crippen LogP contribution in [0.5, 0.6) is 11.5 Å². The molecule has 0 unspecified atom stereocenters. The third kappa shape index (κ3) is 2.69. The predicted octanol–water partition coefficient (Wildman–Crippen LogP) is 4.25. The Morgan fingerprint density at radius 3 is 2.11 bits per heavy atom. The monoisotopic (exact) mass is 353 g/mol. The van der Waals surface area contributed by atoms with Crippen molar-refractivity contribution in [2.24, 2.45) is 0 Å². The van der Waals surface area contributed by atoms with Crippen LogP contribution in [0.3, 0.4) is 0 Å². The fraction of sp³-hybridized carbons (Fsp3) is 0.0455. The van der Waals surface area contributed by atoms with Gasteiger partial charge in [-0.2, -0.15) is 0 Å². The number of carbonyl (C=O) groups is 1. The molecule has 3 aromatic carbocycles. The predicted molar refractivity (Wildman–Crippen MR) is 102 cm³/mol. The maximum Gasteiger partial charge on any atom is 0.272 e. The maximum atomic E-state index is 12.9. The molecule has 1 aromatic heterocycles. The SMILES string of the molecule is O=C(NC1c2ccccc2Oc2ccccc21)c1cnc2ccccc2n1. The molecule has 2 heterocycles.